The second-order valence-corrected chi connectivity index (χ2v) is 6.58. The lowest BCUT2D eigenvalue weighted by atomic mass is 10.0. The van der Waals surface area contributed by atoms with Crippen molar-refractivity contribution in [3.05, 3.63) is 36.3 Å². The average Bonchev–Trinajstić information content (AvgIpc) is 3.00. The van der Waals surface area contributed by atoms with Gasteiger partial charge in [-0.05, 0) is 24.1 Å². The summed E-state index contributed by atoms with van der Waals surface area (Å²) in [6.07, 6.45) is 3.27. The zero-order valence-electron chi connectivity index (χ0n) is 11.7. The zero-order valence-corrected chi connectivity index (χ0v) is 12.5. The molecule has 0 aliphatic heterocycles. The van der Waals surface area contributed by atoms with Crippen LogP contribution in [0.3, 0.4) is 0 Å². The van der Waals surface area contributed by atoms with E-state index in [1.54, 1.807) is 30.6 Å². The van der Waals surface area contributed by atoms with Gasteiger partial charge in [0.1, 0.15) is 0 Å². The molecule has 0 fully saturated rings. The van der Waals surface area contributed by atoms with Gasteiger partial charge >= 0.3 is 0 Å². The smallest absolute Gasteiger partial charge is 0.206 e. The molecule has 2 aromatic heterocycles. The van der Waals surface area contributed by atoms with Gasteiger partial charge in [-0.1, -0.05) is 12.1 Å². The van der Waals surface area contributed by atoms with Gasteiger partial charge in [-0.2, -0.15) is 5.21 Å². The van der Waals surface area contributed by atoms with Gasteiger partial charge in [-0.15, -0.1) is 10.2 Å². The number of hydrogen-bond donors (Lipinski definition) is 2. The summed E-state index contributed by atoms with van der Waals surface area (Å²) in [4.78, 5) is 8.91. The van der Waals surface area contributed by atoms with E-state index < -0.39 is 9.71 Å². The number of tetrazole rings is 1. The first-order valence-corrected chi connectivity index (χ1v) is 8.06. The molecule has 9 heteroatoms. The molecule has 0 aliphatic rings. The molecule has 0 aliphatic carbocycles. The van der Waals surface area contributed by atoms with Crippen LogP contribution in [-0.2, 0) is 9.71 Å². The summed E-state index contributed by atoms with van der Waals surface area (Å²) >= 11 is 0. The number of aromatic amines is 1. The summed E-state index contributed by atoms with van der Waals surface area (Å²) in [7, 11) is -2.97. The first kappa shape index (κ1) is 14.3. The van der Waals surface area contributed by atoms with Gasteiger partial charge in [-0.25, -0.2) is 4.21 Å². The average molecular weight is 315 g/mol. The van der Waals surface area contributed by atoms with Crippen LogP contribution in [0, 0.1) is 6.92 Å². The monoisotopic (exact) mass is 315 g/mol. The fraction of sp³-hybridized carbons (Fsp3) is 0.0769. The Morgan fingerprint density at radius 3 is 2.68 bits per heavy atom. The molecule has 0 saturated carbocycles. The van der Waals surface area contributed by atoms with Crippen LogP contribution in [-0.4, -0.2) is 40.7 Å². The minimum Gasteiger partial charge on any atom is -0.258 e. The fourth-order valence-corrected chi connectivity index (χ4v) is 2.92. The molecule has 1 aromatic carbocycles. The lowest BCUT2D eigenvalue weighted by Crippen LogP contribution is -2.14. The third-order valence-electron chi connectivity index (χ3n) is 3.02. The number of H-pyrrole nitrogens is 1. The lowest BCUT2D eigenvalue weighted by Gasteiger charge is -2.12. The van der Waals surface area contributed by atoms with Crippen LogP contribution in [0.15, 0.2) is 35.5 Å². The molecule has 1 unspecified atom stereocenters. The Kier molecular flexibility index (Phi) is 3.43. The number of nitrogens with one attached hydrogen (secondary N) is 1. The Balaban J connectivity index is 2.34. The van der Waals surface area contributed by atoms with Gasteiger partial charge < -0.3 is 0 Å². The normalized spacial score (nSPS) is 13.7. The second kappa shape index (κ2) is 5.28. The van der Waals surface area contributed by atoms with E-state index in [2.05, 4.69) is 36.5 Å². The van der Waals surface area contributed by atoms with Crippen LogP contribution in [0.25, 0.3) is 22.6 Å². The van der Waals surface area contributed by atoms with Crippen molar-refractivity contribution in [1.29, 1.82) is 0 Å². The number of benzene rings is 1. The minimum absolute atomic E-state index is 0.273. The molecule has 0 bridgehead atoms. The molecule has 3 N–H and O–H groups in total. The molecule has 0 amide bonds. The SMILES string of the molecule is C=S(N)(=O)c1cccc(-c2cnc(C)cn2)c1-c1nn[nH]n1. The maximum Gasteiger partial charge on any atom is 0.206 e. The van der Waals surface area contributed by atoms with Crippen molar-refractivity contribution >= 4 is 15.6 Å². The van der Waals surface area contributed by atoms with Crippen LogP contribution >= 0.6 is 0 Å². The largest absolute Gasteiger partial charge is 0.258 e. The number of nitrogens with two attached hydrogens (primary N) is 1. The molecule has 2 heterocycles. The third-order valence-corrected chi connectivity index (χ3v) is 4.11. The lowest BCUT2D eigenvalue weighted by molar-refractivity contribution is 0.682. The first-order chi connectivity index (χ1) is 10.5. The molecule has 3 rings (SSSR count). The van der Waals surface area contributed by atoms with Crippen molar-refractivity contribution in [3.8, 4) is 22.6 Å². The zero-order chi connectivity index (χ0) is 15.7. The van der Waals surface area contributed by atoms with E-state index in [-0.39, 0.29) is 5.82 Å². The van der Waals surface area contributed by atoms with Crippen molar-refractivity contribution in [2.24, 2.45) is 5.14 Å². The highest BCUT2D eigenvalue weighted by molar-refractivity contribution is 7.98. The van der Waals surface area contributed by atoms with Gasteiger partial charge in [0.05, 0.1) is 32.2 Å². The van der Waals surface area contributed by atoms with E-state index in [9.17, 15) is 4.21 Å². The van der Waals surface area contributed by atoms with Crippen LogP contribution in [0.2, 0.25) is 0 Å². The summed E-state index contributed by atoms with van der Waals surface area (Å²) in [6.45, 7) is 1.84. The van der Waals surface area contributed by atoms with E-state index in [1.807, 2.05) is 6.92 Å². The Morgan fingerprint density at radius 1 is 1.27 bits per heavy atom. The molecule has 3 aromatic rings. The molecule has 0 radical (unpaired) electrons. The molecule has 8 nitrogen and oxygen atoms in total. The van der Waals surface area contributed by atoms with E-state index in [1.165, 1.54) is 0 Å². The Labute approximate surface area is 127 Å². The van der Waals surface area contributed by atoms with Gasteiger partial charge in [0.2, 0.25) is 5.82 Å². The molecular weight excluding hydrogens is 302 g/mol. The molecule has 0 saturated heterocycles. The summed E-state index contributed by atoms with van der Waals surface area (Å²) in [5, 5.41) is 19.6. The highest BCUT2D eigenvalue weighted by Gasteiger charge is 2.20. The number of rotatable bonds is 3. The number of aromatic nitrogens is 6. The van der Waals surface area contributed by atoms with E-state index in [0.29, 0.717) is 21.7 Å². The van der Waals surface area contributed by atoms with Gasteiger partial charge in [0.25, 0.3) is 0 Å². The van der Waals surface area contributed by atoms with E-state index in [4.69, 9.17) is 5.14 Å². The molecular formula is C13H13N7OS. The number of aryl methyl sites for hydroxylation is 1. The summed E-state index contributed by atoms with van der Waals surface area (Å²) in [6, 6.07) is 5.17. The topological polar surface area (TPSA) is 123 Å². The summed E-state index contributed by atoms with van der Waals surface area (Å²) in [5.74, 6) is 3.82. The number of nitrogens with zero attached hydrogens (tertiary/aromatic N) is 5. The van der Waals surface area contributed by atoms with Crippen molar-refractivity contribution in [2.45, 2.75) is 11.8 Å². The summed E-state index contributed by atoms with van der Waals surface area (Å²) in [5.41, 5.74) is 2.53. The minimum atomic E-state index is -2.97. The van der Waals surface area contributed by atoms with Crippen LogP contribution in [0.4, 0.5) is 0 Å². The molecule has 1 atom stereocenters. The predicted octanol–water partition coefficient (Wildman–Crippen LogP) is 0.581. The van der Waals surface area contributed by atoms with Crippen molar-refractivity contribution < 1.29 is 4.21 Å². The van der Waals surface area contributed by atoms with Crippen LogP contribution in [0.5, 0.6) is 0 Å². The maximum atomic E-state index is 12.3. The van der Waals surface area contributed by atoms with Crippen LogP contribution < -0.4 is 5.14 Å². The van der Waals surface area contributed by atoms with Crippen molar-refractivity contribution in [1.82, 2.24) is 30.6 Å². The van der Waals surface area contributed by atoms with Crippen molar-refractivity contribution in [3.63, 3.8) is 0 Å². The third kappa shape index (κ3) is 2.59. The quantitative estimate of drug-likeness (QED) is 0.681. The van der Waals surface area contributed by atoms with Gasteiger partial charge in [-0.3, -0.25) is 15.1 Å². The molecule has 112 valence electrons. The fourth-order valence-electron chi connectivity index (χ4n) is 2.06. The Hall–Kier alpha value is -2.65. The van der Waals surface area contributed by atoms with Gasteiger partial charge in [0.15, 0.2) is 0 Å². The standard InChI is InChI=1S/C13H13N7OS/c1-8-6-16-10(7-15-8)9-4-3-5-11(22(2,14)21)12(9)13-17-19-20-18-13/h3-7H,2H2,1H3,(H2,14,21)(H,17,18,19,20). The first-order valence-electron chi connectivity index (χ1n) is 6.27. The maximum absolute atomic E-state index is 12.3. The molecule has 0 spiro atoms. The second-order valence-electron chi connectivity index (χ2n) is 4.68. The van der Waals surface area contributed by atoms with E-state index in [0.717, 1.165) is 5.69 Å². The number of hydrogen-bond acceptors (Lipinski definition) is 6. The Bertz CT molecular complexity index is 902. The summed E-state index contributed by atoms with van der Waals surface area (Å²) < 4.78 is 12.3. The van der Waals surface area contributed by atoms with E-state index >= 15 is 0 Å². The Morgan fingerprint density at radius 2 is 2.09 bits per heavy atom. The molecule has 22 heavy (non-hydrogen) atoms. The van der Waals surface area contributed by atoms with Crippen molar-refractivity contribution in [2.75, 3.05) is 0 Å². The van der Waals surface area contributed by atoms with Crippen LogP contribution in [0.1, 0.15) is 5.69 Å². The highest BCUT2D eigenvalue weighted by atomic mass is 32.2. The van der Waals surface area contributed by atoms with Gasteiger partial charge in [0, 0.05) is 17.3 Å². The highest BCUT2D eigenvalue weighted by Crippen LogP contribution is 2.33. The predicted molar refractivity (Wildman–Crippen MR) is 83.1 cm³/mol.